The van der Waals surface area contributed by atoms with Crippen LogP contribution in [0.2, 0.25) is 0 Å². The van der Waals surface area contributed by atoms with Gasteiger partial charge in [-0.2, -0.15) is 0 Å². The third-order valence-corrected chi connectivity index (χ3v) is 3.93. The van der Waals surface area contributed by atoms with E-state index in [1.165, 1.54) is 0 Å². The van der Waals surface area contributed by atoms with E-state index >= 15 is 0 Å². The van der Waals surface area contributed by atoms with Crippen LogP contribution in [0.25, 0.3) is 0 Å². The fraction of sp³-hybridized carbons (Fsp3) is 0.467. The van der Waals surface area contributed by atoms with Gasteiger partial charge < -0.3 is 15.0 Å². The molecule has 1 unspecified atom stereocenters. The highest BCUT2D eigenvalue weighted by Gasteiger charge is 2.28. The van der Waals surface area contributed by atoms with Crippen LogP contribution in [0.4, 0.5) is 10.5 Å². The number of carbonyl (C=O) groups excluding carboxylic acids is 1. The van der Waals surface area contributed by atoms with E-state index in [-0.39, 0.29) is 12.1 Å². The van der Waals surface area contributed by atoms with Crippen molar-refractivity contribution in [3.05, 3.63) is 35.7 Å². The molecule has 0 saturated carbocycles. The summed E-state index contributed by atoms with van der Waals surface area (Å²) < 4.78 is 7.26. The molecule has 8 nitrogen and oxygen atoms in total. The van der Waals surface area contributed by atoms with Gasteiger partial charge in [0, 0.05) is 19.3 Å². The third kappa shape index (κ3) is 3.31. The van der Waals surface area contributed by atoms with Gasteiger partial charge in [0.2, 0.25) is 0 Å². The molecule has 1 fully saturated rings. The quantitative estimate of drug-likeness (QED) is 0.924. The first kappa shape index (κ1) is 15.4. The molecule has 23 heavy (non-hydrogen) atoms. The molecule has 1 aliphatic rings. The molecule has 1 aliphatic heterocycles. The normalized spacial score (nSPS) is 18.0. The molecule has 8 heteroatoms. The van der Waals surface area contributed by atoms with Crippen molar-refractivity contribution in [3.8, 4) is 0 Å². The molecule has 1 aromatic carbocycles. The van der Waals surface area contributed by atoms with Gasteiger partial charge in [0.1, 0.15) is 6.10 Å². The summed E-state index contributed by atoms with van der Waals surface area (Å²) in [6, 6.07) is 7.70. The molecule has 2 aromatic rings. The first-order chi connectivity index (χ1) is 11.2. The number of amides is 2. The fourth-order valence-corrected chi connectivity index (χ4v) is 2.64. The van der Waals surface area contributed by atoms with Crippen molar-refractivity contribution in [1.29, 1.82) is 0 Å². The van der Waals surface area contributed by atoms with Crippen molar-refractivity contribution >= 4 is 11.7 Å². The first-order valence-electron chi connectivity index (χ1n) is 7.66. The Kier molecular flexibility index (Phi) is 4.52. The lowest BCUT2D eigenvalue weighted by molar-refractivity contribution is -0.0199. The number of morpholine rings is 1. The van der Waals surface area contributed by atoms with Crippen molar-refractivity contribution < 1.29 is 9.53 Å². The Morgan fingerprint density at radius 3 is 3.00 bits per heavy atom. The topological polar surface area (TPSA) is 85.2 Å². The number of urea groups is 1. The molecule has 1 N–H and O–H groups in total. The van der Waals surface area contributed by atoms with Crippen molar-refractivity contribution in [3.63, 3.8) is 0 Å². The number of rotatable bonds is 3. The van der Waals surface area contributed by atoms with Crippen LogP contribution in [-0.2, 0) is 18.2 Å². The van der Waals surface area contributed by atoms with E-state index in [9.17, 15) is 4.79 Å². The van der Waals surface area contributed by atoms with Gasteiger partial charge in [0.25, 0.3) is 0 Å². The number of nitrogens with zero attached hydrogens (tertiary/aromatic N) is 5. The second kappa shape index (κ2) is 6.74. The zero-order valence-corrected chi connectivity index (χ0v) is 13.3. The zero-order valence-electron chi connectivity index (χ0n) is 13.3. The van der Waals surface area contributed by atoms with Gasteiger partial charge in [-0.05, 0) is 28.5 Å². The molecule has 0 spiro atoms. The minimum absolute atomic E-state index is 0.130. The van der Waals surface area contributed by atoms with E-state index in [1.807, 2.05) is 24.3 Å². The minimum atomic E-state index is -0.309. The van der Waals surface area contributed by atoms with E-state index in [2.05, 4.69) is 27.8 Å². The summed E-state index contributed by atoms with van der Waals surface area (Å²) in [7, 11) is 1.76. The summed E-state index contributed by atoms with van der Waals surface area (Å²) in [4.78, 5) is 14.3. The van der Waals surface area contributed by atoms with Crippen LogP contribution in [0, 0.1) is 0 Å². The highest BCUT2D eigenvalue weighted by Crippen LogP contribution is 2.21. The number of tetrazole rings is 1. The largest absolute Gasteiger partial charge is 0.366 e. The summed E-state index contributed by atoms with van der Waals surface area (Å²) in [5.41, 5.74) is 1.96. The van der Waals surface area contributed by atoms with Gasteiger partial charge in [0.05, 0.1) is 13.2 Å². The average molecular weight is 316 g/mol. The molecule has 2 heterocycles. The highest BCUT2D eigenvalue weighted by atomic mass is 16.5. The second-order valence-electron chi connectivity index (χ2n) is 5.41. The molecule has 3 rings (SSSR count). The first-order valence-corrected chi connectivity index (χ1v) is 7.66. The zero-order chi connectivity index (χ0) is 16.2. The van der Waals surface area contributed by atoms with Crippen LogP contribution in [0.1, 0.15) is 24.4 Å². The lowest BCUT2D eigenvalue weighted by Gasteiger charge is -2.32. The fourth-order valence-electron chi connectivity index (χ4n) is 2.64. The molecular weight excluding hydrogens is 296 g/mol. The van der Waals surface area contributed by atoms with Gasteiger partial charge in [-0.15, -0.1) is 5.10 Å². The molecule has 1 atom stereocenters. The number of nitrogens with one attached hydrogen (secondary N) is 1. The molecular formula is C15H20N6O2. The molecule has 1 aromatic heterocycles. The Hall–Kier alpha value is -2.48. The number of aromatic nitrogens is 4. The van der Waals surface area contributed by atoms with Crippen molar-refractivity contribution in [1.82, 2.24) is 25.1 Å². The lowest BCUT2D eigenvalue weighted by Crippen LogP contribution is -2.45. The Morgan fingerprint density at radius 2 is 2.26 bits per heavy atom. The number of aryl methyl sites for hydroxylation is 2. The Bertz CT molecular complexity index is 686. The summed E-state index contributed by atoms with van der Waals surface area (Å²) in [6.07, 6.45) is 0.559. The van der Waals surface area contributed by atoms with Crippen LogP contribution in [0.5, 0.6) is 0 Å². The minimum Gasteiger partial charge on any atom is -0.366 e. The van der Waals surface area contributed by atoms with Gasteiger partial charge in [0.15, 0.2) is 5.82 Å². The highest BCUT2D eigenvalue weighted by molar-refractivity contribution is 5.90. The van der Waals surface area contributed by atoms with Crippen LogP contribution in [0.15, 0.2) is 24.3 Å². The number of para-hydroxylation sites is 1. The molecule has 0 bridgehead atoms. The SMILES string of the molecule is CCc1ccccc1NC(=O)N1CCOC(c2nnnn2C)C1. The molecule has 0 radical (unpaired) electrons. The van der Waals surface area contributed by atoms with Crippen molar-refractivity contribution in [2.24, 2.45) is 7.05 Å². The number of ether oxygens (including phenoxy) is 1. The standard InChI is InChI=1S/C15H20N6O2/c1-3-11-6-4-5-7-12(11)16-15(22)21-8-9-23-13(10-21)14-17-18-19-20(14)2/h4-7,13H,3,8-10H2,1-2H3,(H,16,22). The summed E-state index contributed by atoms with van der Waals surface area (Å²) in [6.45, 7) is 3.49. The maximum atomic E-state index is 12.5. The summed E-state index contributed by atoms with van der Waals surface area (Å²) in [5, 5.41) is 14.4. The number of hydrogen-bond donors (Lipinski definition) is 1. The number of benzene rings is 1. The van der Waals surface area contributed by atoms with Crippen LogP contribution in [-0.4, -0.2) is 50.8 Å². The molecule has 1 saturated heterocycles. The van der Waals surface area contributed by atoms with E-state index in [0.29, 0.717) is 25.5 Å². The number of carbonyl (C=O) groups is 1. The average Bonchev–Trinajstić information content (AvgIpc) is 3.01. The Morgan fingerprint density at radius 1 is 1.43 bits per heavy atom. The van der Waals surface area contributed by atoms with Crippen LogP contribution < -0.4 is 5.32 Å². The second-order valence-corrected chi connectivity index (χ2v) is 5.41. The predicted octanol–water partition coefficient (Wildman–Crippen LogP) is 1.38. The van der Waals surface area contributed by atoms with Crippen molar-refractivity contribution in [2.45, 2.75) is 19.4 Å². The van der Waals surface area contributed by atoms with Gasteiger partial charge in [-0.25, -0.2) is 9.48 Å². The van der Waals surface area contributed by atoms with E-state index in [1.54, 1.807) is 16.6 Å². The van der Waals surface area contributed by atoms with E-state index < -0.39 is 0 Å². The summed E-state index contributed by atoms with van der Waals surface area (Å²) in [5.74, 6) is 0.622. The monoisotopic (exact) mass is 316 g/mol. The van der Waals surface area contributed by atoms with Crippen LogP contribution >= 0.6 is 0 Å². The van der Waals surface area contributed by atoms with Gasteiger partial charge >= 0.3 is 6.03 Å². The summed E-state index contributed by atoms with van der Waals surface area (Å²) >= 11 is 0. The number of anilines is 1. The molecule has 0 aliphatic carbocycles. The molecule has 122 valence electrons. The maximum absolute atomic E-state index is 12.5. The van der Waals surface area contributed by atoms with Crippen LogP contribution in [0.3, 0.4) is 0 Å². The Balaban J connectivity index is 1.69. The van der Waals surface area contributed by atoms with E-state index in [0.717, 1.165) is 17.7 Å². The van der Waals surface area contributed by atoms with Crippen molar-refractivity contribution in [2.75, 3.05) is 25.0 Å². The molecule has 2 amide bonds. The van der Waals surface area contributed by atoms with Gasteiger partial charge in [-0.3, -0.25) is 0 Å². The lowest BCUT2D eigenvalue weighted by atomic mass is 10.1. The maximum Gasteiger partial charge on any atom is 0.322 e. The van der Waals surface area contributed by atoms with Gasteiger partial charge in [-0.1, -0.05) is 25.1 Å². The third-order valence-electron chi connectivity index (χ3n) is 3.93. The Labute approximate surface area is 134 Å². The predicted molar refractivity (Wildman–Crippen MR) is 83.9 cm³/mol. The number of hydrogen-bond acceptors (Lipinski definition) is 5. The smallest absolute Gasteiger partial charge is 0.322 e. The van der Waals surface area contributed by atoms with E-state index in [4.69, 9.17) is 4.74 Å².